The minimum absolute atomic E-state index is 0.163. The lowest BCUT2D eigenvalue weighted by molar-refractivity contribution is -0.149. The first kappa shape index (κ1) is 31.6. The van der Waals surface area contributed by atoms with Crippen LogP contribution in [0.3, 0.4) is 0 Å². The van der Waals surface area contributed by atoms with E-state index in [1.807, 2.05) is 74.5 Å². The number of carbonyl (C=O) groups is 4. The molecular weight excluding hydrogens is 522 g/mol. The quantitative estimate of drug-likeness (QED) is 0.430. The Morgan fingerprint density at radius 1 is 0.976 bits per heavy atom. The van der Waals surface area contributed by atoms with Gasteiger partial charge in [0.15, 0.2) is 0 Å². The van der Waals surface area contributed by atoms with Crippen LogP contribution in [0.15, 0.2) is 60.7 Å². The van der Waals surface area contributed by atoms with Gasteiger partial charge in [-0.25, -0.2) is 9.59 Å². The smallest absolute Gasteiger partial charge is 0.410 e. The molecule has 222 valence electrons. The molecule has 0 saturated carbocycles. The molecule has 9 nitrogen and oxygen atoms in total. The molecular formula is C32H43N3O6. The molecule has 1 heterocycles. The Balaban J connectivity index is 1.93. The summed E-state index contributed by atoms with van der Waals surface area (Å²) in [5.74, 6) is -1.66. The molecule has 1 saturated heterocycles. The molecule has 2 aromatic carbocycles. The molecule has 0 radical (unpaired) electrons. The van der Waals surface area contributed by atoms with Crippen molar-refractivity contribution in [2.45, 2.75) is 84.2 Å². The molecule has 1 N–H and O–H groups in total. The largest absolute Gasteiger partial charge is 0.467 e. The summed E-state index contributed by atoms with van der Waals surface area (Å²) in [6.45, 7) is 9.63. The molecule has 0 aromatic heterocycles. The molecule has 0 aliphatic carbocycles. The van der Waals surface area contributed by atoms with Gasteiger partial charge in [0.1, 0.15) is 23.7 Å². The van der Waals surface area contributed by atoms with E-state index in [2.05, 4.69) is 5.32 Å². The van der Waals surface area contributed by atoms with Gasteiger partial charge in [0.2, 0.25) is 11.8 Å². The first-order valence-electron chi connectivity index (χ1n) is 14.2. The zero-order chi connectivity index (χ0) is 30.2. The predicted molar refractivity (Wildman–Crippen MR) is 156 cm³/mol. The second-order valence-corrected chi connectivity index (χ2v) is 11.7. The third-order valence-corrected chi connectivity index (χ3v) is 6.97. The van der Waals surface area contributed by atoms with Crippen molar-refractivity contribution < 1.29 is 28.7 Å². The number of esters is 1. The lowest BCUT2D eigenvalue weighted by Gasteiger charge is -2.37. The number of nitrogens with one attached hydrogen (secondary N) is 1. The summed E-state index contributed by atoms with van der Waals surface area (Å²) in [6.07, 6.45) is 0.807. The van der Waals surface area contributed by atoms with E-state index in [9.17, 15) is 19.2 Å². The molecule has 1 aliphatic heterocycles. The van der Waals surface area contributed by atoms with E-state index in [0.717, 1.165) is 11.1 Å². The number of likely N-dealkylation sites (tertiary alicyclic amines) is 1. The van der Waals surface area contributed by atoms with E-state index in [1.165, 1.54) is 12.0 Å². The molecule has 1 unspecified atom stereocenters. The van der Waals surface area contributed by atoms with Crippen LogP contribution in [0.5, 0.6) is 0 Å². The number of rotatable bonds is 10. The average molecular weight is 566 g/mol. The molecule has 3 rings (SSSR count). The van der Waals surface area contributed by atoms with E-state index in [0.29, 0.717) is 19.4 Å². The van der Waals surface area contributed by atoms with Gasteiger partial charge >= 0.3 is 12.1 Å². The van der Waals surface area contributed by atoms with Crippen molar-refractivity contribution in [3.63, 3.8) is 0 Å². The molecule has 41 heavy (non-hydrogen) atoms. The van der Waals surface area contributed by atoms with E-state index >= 15 is 0 Å². The Labute approximate surface area is 243 Å². The number of methoxy groups -OCH3 is 1. The monoisotopic (exact) mass is 565 g/mol. The van der Waals surface area contributed by atoms with E-state index in [4.69, 9.17) is 9.47 Å². The van der Waals surface area contributed by atoms with Gasteiger partial charge in [-0.3, -0.25) is 14.5 Å². The van der Waals surface area contributed by atoms with E-state index in [1.54, 1.807) is 25.7 Å². The van der Waals surface area contributed by atoms with Crippen LogP contribution in [0.2, 0.25) is 0 Å². The van der Waals surface area contributed by atoms with Crippen molar-refractivity contribution in [3.8, 4) is 0 Å². The van der Waals surface area contributed by atoms with E-state index < -0.39 is 41.7 Å². The first-order valence-corrected chi connectivity index (χ1v) is 14.2. The van der Waals surface area contributed by atoms with Gasteiger partial charge in [-0.05, 0) is 50.7 Å². The zero-order valence-corrected chi connectivity index (χ0v) is 25.0. The average Bonchev–Trinajstić information content (AvgIpc) is 3.42. The summed E-state index contributed by atoms with van der Waals surface area (Å²) >= 11 is 0. The van der Waals surface area contributed by atoms with E-state index in [-0.39, 0.29) is 24.8 Å². The van der Waals surface area contributed by atoms with Crippen LogP contribution in [0, 0.1) is 5.92 Å². The fraction of sp³-hybridized carbons (Fsp3) is 0.500. The topological polar surface area (TPSA) is 105 Å². The summed E-state index contributed by atoms with van der Waals surface area (Å²) in [5.41, 5.74) is 0.995. The summed E-state index contributed by atoms with van der Waals surface area (Å²) < 4.78 is 10.6. The van der Waals surface area contributed by atoms with Crippen molar-refractivity contribution in [1.82, 2.24) is 15.1 Å². The number of hydrogen-bond donors (Lipinski definition) is 1. The van der Waals surface area contributed by atoms with Gasteiger partial charge in [-0.15, -0.1) is 0 Å². The van der Waals surface area contributed by atoms with Crippen LogP contribution in [0.4, 0.5) is 4.79 Å². The maximum absolute atomic E-state index is 14.3. The van der Waals surface area contributed by atoms with Crippen LogP contribution in [0.25, 0.3) is 0 Å². The third kappa shape index (κ3) is 8.80. The molecule has 2 aromatic rings. The number of nitrogens with zero attached hydrogens (tertiary/aromatic N) is 2. The van der Waals surface area contributed by atoms with Crippen LogP contribution < -0.4 is 5.32 Å². The fourth-order valence-electron chi connectivity index (χ4n) is 5.09. The highest BCUT2D eigenvalue weighted by molar-refractivity contribution is 5.93. The predicted octanol–water partition coefficient (Wildman–Crippen LogP) is 4.34. The van der Waals surface area contributed by atoms with Crippen molar-refractivity contribution >= 4 is 23.9 Å². The molecule has 3 atom stereocenters. The Hall–Kier alpha value is -3.88. The SMILES string of the molecule is COC(=O)[C@H](Cc1ccccc1)NC(=O)C(C(C)C)N(Cc1ccccc1)C(=O)[C@@H]1CCCN1C(=O)OC(C)(C)C. The molecule has 1 aliphatic rings. The lowest BCUT2D eigenvalue weighted by Crippen LogP contribution is -2.59. The van der Waals surface area contributed by atoms with Gasteiger partial charge in [0.05, 0.1) is 7.11 Å². The second kappa shape index (κ2) is 14.1. The molecule has 9 heteroatoms. The highest BCUT2D eigenvalue weighted by atomic mass is 16.6. The minimum atomic E-state index is -0.936. The number of amides is 3. The Morgan fingerprint density at radius 2 is 1.56 bits per heavy atom. The summed E-state index contributed by atoms with van der Waals surface area (Å²) in [6, 6.07) is 16.2. The molecule has 0 spiro atoms. The van der Waals surface area contributed by atoms with Gasteiger partial charge in [-0.2, -0.15) is 0 Å². The highest BCUT2D eigenvalue weighted by Crippen LogP contribution is 2.26. The van der Waals surface area contributed by atoms with Gasteiger partial charge in [0, 0.05) is 19.5 Å². The fourth-order valence-corrected chi connectivity index (χ4v) is 5.09. The zero-order valence-electron chi connectivity index (χ0n) is 25.0. The summed E-state index contributed by atoms with van der Waals surface area (Å²) in [7, 11) is 1.28. The molecule has 0 bridgehead atoms. The van der Waals surface area contributed by atoms with Gasteiger partial charge < -0.3 is 19.7 Å². The Kier molecular flexibility index (Phi) is 10.9. The van der Waals surface area contributed by atoms with Crippen molar-refractivity contribution in [1.29, 1.82) is 0 Å². The number of benzene rings is 2. The van der Waals surface area contributed by atoms with Crippen molar-refractivity contribution in [2.24, 2.45) is 5.92 Å². The molecule has 1 fully saturated rings. The molecule has 3 amide bonds. The Morgan fingerprint density at radius 3 is 2.10 bits per heavy atom. The summed E-state index contributed by atoms with van der Waals surface area (Å²) in [4.78, 5) is 56.9. The standard InChI is InChI=1S/C32H43N3O6/c1-22(2)27(28(36)33-25(30(38)40-6)20-23-14-9-7-10-15-23)35(21-24-16-11-8-12-17-24)29(37)26-18-13-19-34(26)31(39)41-32(3,4)5/h7-12,14-17,22,25-27H,13,18-21H2,1-6H3,(H,33,36)/t25-,26-,27?/m0/s1. The van der Waals surface area contributed by atoms with Crippen LogP contribution in [-0.2, 0) is 36.8 Å². The maximum atomic E-state index is 14.3. The van der Waals surface area contributed by atoms with Crippen molar-refractivity contribution in [3.05, 3.63) is 71.8 Å². The maximum Gasteiger partial charge on any atom is 0.410 e. The number of carbonyl (C=O) groups excluding carboxylic acids is 4. The van der Waals surface area contributed by atoms with Crippen LogP contribution in [-0.4, -0.2) is 71.1 Å². The van der Waals surface area contributed by atoms with Crippen LogP contribution >= 0.6 is 0 Å². The Bertz CT molecular complexity index is 1180. The normalized spacial score (nSPS) is 16.6. The van der Waals surface area contributed by atoms with Gasteiger partial charge in [0.25, 0.3) is 0 Å². The minimum Gasteiger partial charge on any atom is -0.467 e. The lowest BCUT2D eigenvalue weighted by atomic mass is 9.97. The number of ether oxygens (including phenoxy) is 2. The summed E-state index contributed by atoms with van der Waals surface area (Å²) in [5, 5.41) is 2.86. The van der Waals surface area contributed by atoms with Crippen molar-refractivity contribution in [2.75, 3.05) is 13.7 Å². The van der Waals surface area contributed by atoms with Crippen LogP contribution in [0.1, 0.15) is 58.6 Å². The number of hydrogen-bond acceptors (Lipinski definition) is 6. The van der Waals surface area contributed by atoms with Gasteiger partial charge in [-0.1, -0.05) is 74.5 Å². The first-order chi connectivity index (χ1) is 19.4. The highest BCUT2D eigenvalue weighted by Gasteiger charge is 2.43. The third-order valence-electron chi connectivity index (χ3n) is 6.97. The second-order valence-electron chi connectivity index (χ2n) is 11.7.